The lowest BCUT2D eigenvalue weighted by Crippen LogP contribution is -2.36. The molecule has 0 atom stereocenters. The van der Waals surface area contributed by atoms with Crippen molar-refractivity contribution in [2.75, 3.05) is 19.6 Å². The highest BCUT2D eigenvalue weighted by molar-refractivity contribution is 5.76. The lowest BCUT2D eigenvalue weighted by molar-refractivity contribution is -0.130. The number of nitrogens with two attached hydrogens (primary N) is 1. The first kappa shape index (κ1) is 9.26. The maximum Gasteiger partial charge on any atom is 0.224 e. The second-order valence-corrected chi connectivity index (χ2v) is 3.19. The highest BCUT2D eigenvalue weighted by Gasteiger charge is 2.14. The van der Waals surface area contributed by atoms with Gasteiger partial charge in [-0.05, 0) is 13.3 Å². The number of carbonyl (C=O) groups excluding carboxylic acids is 1. The SMILES string of the molecule is CC1=CCCN(C(=O)CCN)C1. The first-order valence-electron chi connectivity index (χ1n) is 4.37. The Hall–Kier alpha value is -0.830. The minimum Gasteiger partial charge on any atom is -0.338 e. The molecule has 0 saturated carbocycles. The monoisotopic (exact) mass is 168 g/mol. The summed E-state index contributed by atoms with van der Waals surface area (Å²) in [6.45, 7) is 4.16. The predicted octanol–water partition coefficient (Wildman–Crippen LogP) is 0.514. The Bertz CT molecular complexity index is 199. The summed E-state index contributed by atoms with van der Waals surface area (Å²) in [5, 5.41) is 0. The van der Waals surface area contributed by atoms with Gasteiger partial charge in [-0.3, -0.25) is 4.79 Å². The quantitative estimate of drug-likeness (QED) is 0.611. The molecule has 0 fully saturated rings. The van der Waals surface area contributed by atoms with Gasteiger partial charge in [-0.1, -0.05) is 11.6 Å². The van der Waals surface area contributed by atoms with E-state index in [9.17, 15) is 4.79 Å². The number of nitrogens with zero attached hydrogens (tertiary/aromatic N) is 1. The van der Waals surface area contributed by atoms with Gasteiger partial charge in [-0.25, -0.2) is 0 Å². The molecule has 0 spiro atoms. The van der Waals surface area contributed by atoms with Gasteiger partial charge in [0.2, 0.25) is 5.91 Å². The van der Waals surface area contributed by atoms with E-state index in [1.807, 2.05) is 4.90 Å². The first-order valence-corrected chi connectivity index (χ1v) is 4.37. The van der Waals surface area contributed by atoms with Gasteiger partial charge in [0.1, 0.15) is 0 Å². The van der Waals surface area contributed by atoms with E-state index in [1.54, 1.807) is 0 Å². The molecule has 0 unspecified atom stereocenters. The van der Waals surface area contributed by atoms with Gasteiger partial charge in [0.25, 0.3) is 0 Å². The molecule has 0 aliphatic carbocycles. The zero-order valence-corrected chi connectivity index (χ0v) is 7.55. The maximum absolute atomic E-state index is 11.4. The summed E-state index contributed by atoms with van der Waals surface area (Å²) in [5.41, 5.74) is 6.59. The molecule has 3 heteroatoms. The van der Waals surface area contributed by atoms with Crippen LogP contribution in [0.4, 0.5) is 0 Å². The molecular weight excluding hydrogens is 152 g/mol. The third kappa shape index (κ3) is 2.34. The number of amides is 1. The Morgan fingerprint density at radius 1 is 1.75 bits per heavy atom. The predicted molar refractivity (Wildman–Crippen MR) is 48.6 cm³/mol. The zero-order valence-electron chi connectivity index (χ0n) is 7.55. The smallest absolute Gasteiger partial charge is 0.224 e. The second-order valence-electron chi connectivity index (χ2n) is 3.19. The first-order chi connectivity index (χ1) is 5.74. The minimum absolute atomic E-state index is 0.185. The molecule has 1 rings (SSSR count). The molecule has 1 amide bonds. The molecule has 12 heavy (non-hydrogen) atoms. The van der Waals surface area contributed by atoms with E-state index < -0.39 is 0 Å². The van der Waals surface area contributed by atoms with Gasteiger partial charge >= 0.3 is 0 Å². The summed E-state index contributed by atoms with van der Waals surface area (Å²) in [7, 11) is 0. The van der Waals surface area contributed by atoms with Gasteiger partial charge in [-0.2, -0.15) is 0 Å². The van der Waals surface area contributed by atoms with Crippen LogP contribution in [0.15, 0.2) is 11.6 Å². The third-order valence-corrected chi connectivity index (χ3v) is 2.04. The van der Waals surface area contributed by atoms with Crippen molar-refractivity contribution in [3.05, 3.63) is 11.6 Å². The fourth-order valence-electron chi connectivity index (χ4n) is 1.41. The zero-order chi connectivity index (χ0) is 8.97. The summed E-state index contributed by atoms with van der Waals surface area (Å²) < 4.78 is 0. The fourth-order valence-corrected chi connectivity index (χ4v) is 1.41. The van der Waals surface area contributed by atoms with Crippen molar-refractivity contribution in [3.63, 3.8) is 0 Å². The Labute approximate surface area is 73.2 Å². The fraction of sp³-hybridized carbons (Fsp3) is 0.667. The lowest BCUT2D eigenvalue weighted by Gasteiger charge is -2.25. The molecule has 3 nitrogen and oxygen atoms in total. The molecule has 1 aliphatic rings. The number of rotatable bonds is 2. The summed E-state index contributed by atoms with van der Waals surface area (Å²) in [6.07, 6.45) is 3.65. The summed E-state index contributed by atoms with van der Waals surface area (Å²) in [5.74, 6) is 0.185. The maximum atomic E-state index is 11.4. The van der Waals surface area contributed by atoms with Crippen molar-refractivity contribution in [1.29, 1.82) is 0 Å². The molecule has 0 aromatic carbocycles. The average Bonchev–Trinajstić information content (AvgIpc) is 2.05. The van der Waals surface area contributed by atoms with Crippen LogP contribution in [0.2, 0.25) is 0 Å². The topological polar surface area (TPSA) is 46.3 Å². The molecule has 0 aromatic rings. The van der Waals surface area contributed by atoms with Crippen molar-refractivity contribution < 1.29 is 4.79 Å². The lowest BCUT2D eigenvalue weighted by atomic mass is 10.1. The van der Waals surface area contributed by atoms with Gasteiger partial charge in [-0.15, -0.1) is 0 Å². The summed E-state index contributed by atoms with van der Waals surface area (Å²) in [4.78, 5) is 13.2. The van der Waals surface area contributed by atoms with Crippen LogP contribution in [0.25, 0.3) is 0 Å². The Kier molecular flexibility index (Phi) is 3.29. The molecule has 2 N–H and O–H groups in total. The van der Waals surface area contributed by atoms with Crippen molar-refractivity contribution in [2.45, 2.75) is 19.8 Å². The summed E-state index contributed by atoms with van der Waals surface area (Å²) in [6, 6.07) is 0. The van der Waals surface area contributed by atoms with Gasteiger partial charge in [0.15, 0.2) is 0 Å². The molecule has 1 heterocycles. The van der Waals surface area contributed by atoms with Gasteiger partial charge in [0, 0.05) is 26.1 Å². The van der Waals surface area contributed by atoms with Crippen LogP contribution in [0.3, 0.4) is 0 Å². The number of hydrogen-bond acceptors (Lipinski definition) is 2. The molecule has 68 valence electrons. The number of carbonyl (C=O) groups is 1. The highest BCUT2D eigenvalue weighted by atomic mass is 16.2. The minimum atomic E-state index is 0.185. The van der Waals surface area contributed by atoms with Crippen molar-refractivity contribution >= 4 is 5.91 Å². The third-order valence-electron chi connectivity index (χ3n) is 2.04. The molecule has 0 saturated heterocycles. The van der Waals surface area contributed by atoms with Crippen LogP contribution < -0.4 is 5.73 Å². The van der Waals surface area contributed by atoms with Crippen molar-refractivity contribution in [3.8, 4) is 0 Å². The standard InChI is InChI=1S/C9H16N2O/c1-8-3-2-6-11(7-8)9(12)4-5-10/h3H,2,4-7,10H2,1H3. The van der Waals surface area contributed by atoms with Crippen LogP contribution in [0.1, 0.15) is 19.8 Å². The van der Waals surface area contributed by atoms with Crippen LogP contribution in [0.5, 0.6) is 0 Å². The average molecular weight is 168 g/mol. The Morgan fingerprint density at radius 3 is 3.08 bits per heavy atom. The van der Waals surface area contributed by atoms with E-state index in [0.29, 0.717) is 13.0 Å². The highest BCUT2D eigenvalue weighted by Crippen LogP contribution is 2.09. The second kappa shape index (κ2) is 4.26. The van der Waals surface area contributed by atoms with E-state index in [2.05, 4.69) is 13.0 Å². The van der Waals surface area contributed by atoms with E-state index in [0.717, 1.165) is 19.5 Å². The molecule has 1 aliphatic heterocycles. The molecule has 0 bridgehead atoms. The number of hydrogen-bond donors (Lipinski definition) is 1. The van der Waals surface area contributed by atoms with Crippen LogP contribution >= 0.6 is 0 Å². The normalized spacial score (nSPS) is 17.5. The van der Waals surface area contributed by atoms with Crippen molar-refractivity contribution in [2.24, 2.45) is 5.73 Å². The van der Waals surface area contributed by atoms with E-state index >= 15 is 0 Å². The molecule has 0 radical (unpaired) electrons. The van der Waals surface area contributed by atoms with Gasteiger partial charge < -0.3 is 10.6 Å². The van der Waals surface area contributed by atoms with E-state index in [-0.39, 0.29) is 5.91 Å². The Balaban J connectivity index is 2.43. The van der Waals surface area contributed by atoms with Crippen LogP contribution in [-0.4, -0.2) is 30.4 Å². The molecule has 0 aromatic heterocycles. The van der Waals surface area contributed by atoms with E-state index in [4.69, 9.17) is 5.73 Å². The largest absolute Gasteiger partial charge is 0.338 e. The Morgan fingerprint density at radius 2 is 2.50 bits per heavy atom. The van der Waals surface area contributed by atoms with E-state index in [1.165, 1.54) is 5.57 Å². The molecular formula is C9H16N2O. The van der Waals surface area contributed by atoms with Crippen LogP contribution in [-0.2, 0) is 4.79 Å². The van der Waals surface area contributed by atoms with Crippen LogP contribution in [0, 0.1) is 0 Å². The summed E-state index contributed by atoms with van der Waals surface area (Å²) >= 11 is 0. The van der Waals surface area contributed by atoms with Gasteiger partial charge in [0.05, 0.1) is 0 Å². The van der Waals surface area contributed by atoms with Crippen molar-refractivity contribution in [1.82, 2.24) is 4.90 Å².